The van der Waals surface area contributed by atoms with E-state index in [4.69, 9.17) is 4.74 Å². The highest BCUT2D eigenvalue weighted by Gasteiger charge is 2.42. The van der Waals surface area contributed by atoms with Crippen LogP contribution in [0.5, 0.6) is 0 Å². The molecule has 158 valence electrons. The molecule has 7 heteroatoms. The molecule has 0 bridgehead atoms. The van der Waals surface area contributed by atoms with Gasteiger partial charge in [0.1, 0.15) is 5.76 Å². The largest absolute Gasteiger partial charge is 0.500 e. The van der Waals surface area contributed by atoms with E-state index in [0.29, 0.717) is 23.7 Å². The van der Waals surface area contributed by atoms with E-state index in [9.17, 15) is 14.4 Å². The van der Waals surface area contributed by atoms with Crippen LogP contribution >= 0.6 is 0 Å². The van der Waals surface area contributed by atoms with Gasteiger partial charge in [-0.3, -0.25) is 19.4 Å². The van der Waals surface area contributed by atoms with Crippen LogP contribution in [-0.2, 0) is 19.1 Å². The molecule has 1 aromatic heterocycles. The molecule has 3 aliphatic rings. The Balaban J connectivity index is 1.43. The summed E-state index contributed by atoms with van der Waals surface area (Å²) in [6.45, 7) is 0.349. The average molecular weight is 409 g/mol. The Hall–Kier alpha value is -2.96. The number of methoxy groups -OCH3 is 1. The molecule has 1 saturated carbocycles. The highest BCUT2D eigenvalue weighted by molar-refractivity contribution is 6.02. The van der Waals surface area contributed by atoms with Crippen molar-refractivity contribution < 1.29 is 19.1 Å². The van der Waals surface area contributed by atoms with Crippen LogP contribution in [-0.4, -0.2) is 47.7 Å². The van der Waals surface area contributed by atoms with Crippen molar-refractivity contribution in [2.24, 2.45) is 17.8 Å². The van der Waals surface area contributed by atoms with E-state index in [-0.39, 0.29) is 42.4 Å². The second-order valence-corrected chi connectivity index (χ2v) is 8.25. The fourth-order valence-electron chi connectivity index (χ4n) is 4.88. The minimum atomic E-state index is -0.272. The molecular weight excluding hydrogens is 382 g/mol. The lowest BCUT2D eigenvalue weighted by Crippen LogP contribution is -2.35. The number of likely N-dealkylation sites (tertiary alicyclic amines) is 1. The van der Waals surface area contributed by atoms with Gasteiger partial charge < -0.3 is 15.0 Å². The molecule has 1 aromatic rings. The third-order valence-electron chi connectivity index (χ3n) is 6.34. The standard InChI is InChI=1S/C23H27N3O4/c1-30-19-9-8-18(23(29)22(19)15-5-2-3-6-15)16-11-21(28)26(13-16)14-20(27)25-17-7-4-10-24-12-17/h4,7-10,12,15-16,22H,2-3,5-6,11,13-14H2,1H3,(H,25,27). The van der Waals surface area contributed by atoms with Gasteiger partial charge in [0.05, 0.1) is 31.5 Å². The van der Waals surface area contributed by atoms with Crippen molar-refractivity contribution in [1.29, 1.82) is 0 Å². The molecule has 0 spiro atoms. The third kappa shape index (κ3) is 4.15. The van der Waals surface area contributed by atoms with Crippen LogP contribution in [0.1, 0.15) is 32.1 Å². The Morgan fingerprint density at radius 2 is 2.07 bits per heavy atom. The van der Waals surface area contributed by atoms with E-state index in [1.54, 1.807) is 31.6 Å². The number of allylic oxidation sites excluding steroid dienone is 3. The number of Topliss-reactive ketones (excluding diaryl/α,β-unsaturated/α-hetero) is 1. The van der Waals surface area contributed by atoms with Gasteiger partial charge in [-0.2, -0.15) is 0 Å². The predicted octanol–water partition coefficient (Wildman–Crippen LogP) is 2.71. The Morgan fingerprint density at radius 1 is 1.27 bits per heavy atom. The van der Waals surface area contributed by atoms with Gasteiger partial charge in [0, 0.05) is 30.7 Å². The number of aromatic nitrogens is 1. The summed E-state index contributed by atoms with van der Waals surface area (Å²) in [7, 11) is 1.61. The molecule has 2 atom stereocenters. The van der Waals surface area contributed by atoms with Crippen LogP contribution in [0.15, 0.2) is 48.0 Å². The molecule has 30 heavy (non-hydrogen) atoms. The summed E-state index contributed by atoms with van der Waals surface area (Å²) in [5.74, 6) is 0.324. The zero-order chi connectivity index (χ0) is 21.1. The van der Waals surface area contributed by atoms with Crippen molar-refractivity contribution in [1.82, 2.24) is 9.88 Å². The normalized spacial score (nSPS) is 24.6. The number of carbonyl (C=O) groups is 3. The zero-order valence-corrected chi connectivity index (χ0v) is 17.2. The number of amides is 2. The van der Waals surface area contributed by atoms with Gasteiger partial charge in [-0.05, 0) is 37.0 Å². The summed E-state index contributed by atoms with van der Waals surface area (Å²) in [5, 5.41) is 2.75. The van der Waals surface area contributed by atoms with Gasteiger partial charge in [0.25, 0.3) is 0 Å². The topological polar surface area (TPSA) is 88.6 Å². The molecule has 1 aliphatic heterocycles. The molecule has 2 fully saturated rings. The second-order valence-electron chi connectivity index (χ2n) is 8.25. The minimum absolute atomic E-state index is 0.0308. The van der Waals surface area contributed by atoms with Gasteiger partial charge in [0.15, 0.2) is 5.78 Å². The highest BCUT2D eigenvalue weighted by Crippen LogP contribution is 2.41. The van der Waals surface area contributed by atoms with Crippen molar-refractivity contribution in [2.75, 3.05) is 25.5 Å². The van der Waals surface area contributed by atoms with E-state index in [1.165, 1.54) is 4.90 Å². The van der Waals surface area contributed by atoms with E-state index in [1.807, 2.05) is 12.2 Å². The molecule has 2 unspecified atom stereocenters. The lowest BCUT2D eigenvalue weighted by molar-refractivity contribution is -0.131. The number of nitrogens with zero attached hydrogens (tertiary/aromatic N) is 2. The quantitative estimate of drug-likeness (QED) is 0.780. The van der Waals surface area contributed by atoms with Gasteiger partial charge >= 0.3 is 0 Å². The number of hydrogen-bond acceptors (Lipinski definition) is 5. The van der Waals surface area contributed by atoms with Crippen molar-refractivity contribution >= 4 is 23.3 Å². The number of anilines is 1. The Labute approximate surface area is 176 Å². The Morgan fingerprint density at radius 3 is 2.77 bits per heavy atom. The second kappa shape index (κ2) is 8.81. The van der Waals surface area contributed by atoms with E-state index in [0.717, 1.165) is 31.4 Å². The van der Waals surface area contributed by atoms with Crippen molar-refractivity contribution in [3.63, 3.8) is 0 Å². The first-order valence-corrected chi connectivity index (χ1v) is 10.5. The SMILES string of the molecule is COC1=CC=C(C2CC(=O)N(CC(=O)Nc3cccnc3)C2)C(=O)C1C1CCCC1. The number of pyridine rings is 1. The Bertz CT molecular complexity index is 887. The number of nitrogens with one attached hydrogen (secondary N) is 1. The summed E-state index contributed by atoms with van der Waals surface area (Å²) >= 11 is 0. The van der Waals surface area contributed by atoms with Gasteiger partial charge in [-0.15, -0.1) is 0 Å². The first kappa shape index (κ1) is 20.3. The van der Waals surface area contributed by atoms with Crippen molar-refractivity contribution in [2.45, 2.75) is 32.1 Å². The highest BCUT2D eigenvalue weighted by atomic mass is 16.5. The molecule has 2 heterocycles. The van der Waals surface area contributed by atoms with Crippen LogP contribution in [0, 0.1) is 17.8 Å². The lowest BCUT2D eigenvalue weighted by atomic mass is 9.76. The molecular formula is C23H27N3O4. The van der Waals surface area contributed by atoms with E-state index < -0.39 is 0 Å². The molecule has 7 nitrogen and oxygen atoms in total. The zero-order valence-electron chi connectivity index (χ0n) is 17.2. The van der Waals surface area contributed by atoms with E-state index in [2.05, 4.69) is 10.3 Å². The maximum Gasteiger partial charge on any atom is 0.244 e. The fraction of sp³-hybridized carbons (Fsp3) is 0.478. The number of rotatable bonds is 6. The van der Waals surface area contributed by atoms with Crippen molar-refractivity contribution in [3.05, 3.63) is 48.0 Å². The van der Waals surface area contributed by atoms with E-state index >= 15 is 0 Å². The first-order valence-electron chi connectivity index (χ1n) is 10.5. The smallest absolute Gasteiger partial charge is 0.244 e. The van der Waals surface area contributed by atoms with Crippen LogP contribution in [0.4, 0.5) is 5.69 Å². The van der Waals surface area contributed by atoms with Crippen LogP contribution < -0.4 is 5.32 Å². The maximum atomic E-state index is 13.3. The predicted molar refractivity (Wildman–Crippen MR) is 111 cm³/mol. The van der Waals surface area contributed by atoms with Gasteiger partial charge in [-0.1, -0.05) is 18.9 Å². The number of carbonyl (C=O) groups excluding carboxylic acids is 3. The molecule has 2 aliphatic carbocycles. The number of hydrogen-bond donors (Lipinski definition) is 1. The summed E-state index contributed by atoms with van der Waals surface area (Å²) in [6.07, 6.45) is 11.5. The maximum absolute atomic E-state index is 13.3. The summed E-state index contributed by atoms with van der Waals surface area (Å²) in [6, 6.07) is 3.48. The van der Waals surface area contributed by atoms with Gasteiger partial charge in [0.2, 0.25) is 11.8 Å². The summed E-state index contributed by atoms with van der Waals surface area (Å²) in [5.41, 5.74) is 1.28. The van der Waals surface area contributed by atoms with Crippen LogP contribution in [0.2, 0.25) is 0 Å². The first-order chi connectivity index (χ1) is 14.6. The molecule has 4 rings (SSSR count). The summed E-state index contributed by atoms with van der Waals surface area (Å²) in [4.78, 5) is 43.7. The van der Waals surface area contributed by atoms with Crippen LogP contribution in [0.3, 0.4) is 0 Å². The van der Waals surface area contributed by atoms with Gasteiger partial charge in [-0.25, -0.2) is 0 Å². The molecule has 2 amide bonds. The summed E-state index contributed by atoms with van der Waals surface area (Å²) < 4.78 is 5.51. The monoisotopic (exact) mass is 409 g/mol. The third-order valence-corrected chi connectivity index (χ3v) is 6.34. The average Bonchev–Trinajstić information content (AvgIpc) is 3.38. The number of ether oxygens (including phenoxy) is 1. The molecule has 0 aromatic carbocycles. The lowest BCUT2D eigenvalue weighted by Gasteiger charge is -2.29. The molecule has 0 radical (unpaired) electrons. The Kier molecular flexibility index (Phi) is 5.97. The van der Waals surface area contributed by atoms with Crippen LogP contribution in [0.25, 0.3) is 0 Å². The molecule has 1 saturated heterocycles. The fourth-order valence-corrected chi connectivity index (χ4v) is 4.88. The van der Waals surface area contributed by atoms with Crippen molar-refractivity contribution in [3.8, 4) is 0 Å². The molecule has 1 N–H and O–H groups in total. The number of ketones is 1. The minimum Gasteiger partial charge on any atom is -0.500 e.